The van der Waals surface area contributed by atoms with Crippen molar-refractivity contribution in [2.45, 2.75) is 11.8 Å². The maximum atomic E-state index is 13.3. The number of hydrazone groups is 1. The number of methoxy groups -OCH3 is 1. The number of carbonyl (C=O) groups excluding carboxylic acids is 1. The molecule has 1 N–H and O–H groups in total. The van der Waals surface area contributed by atoms with E-state index in [0.29, 0.717) is 11.5 Å². The summed E-state index contributed by atoms with van der Waals surface area (Å²) >= 11 is 6.21. The lowest BCUT2D eigenvalue weighted by atomic mass is 10.1. The van der Waals surface area contributed by atoms with Gasteiger partial charge in [-0.15, -0.1) is 0 Å². The van der Waals surface area contributed by atoms with Crippen LogP contribution in [0.15, 0.2) is 88.9 Å². The van der Waals surface area contributed by atoms with Gasteiger partial charge in [-0.3, -0.25) is 9.10 Å². The van der Waals surface area contributed by atoms with Gasteiger partial charge in [-0.25, -0.2) is 13.8 Å². The number of halogens is 1. The zero-order valence-corrected chi connectivity index (χ0v) is 19.1. The van der Waals surface area contributed by atoms with Crippen LogP contribution in [-0.4, -0.2) is 33.7 Å². The Morgan fingerprint density at radius 2 is 1.66 bits per heavy atom. The van der Waals surface area contributed by atoms with E-state index in [9.17, 15) is 13.2 Å². The molecule has 0 fully saturated rings. The molecule has 3 rings (SSSR count). The first kappa shape index (κ1) is 23.3. The lowest BCUT2D eigenvalue weighted by Crippen LogP contribution is -2.39. The van der Waals surface area contributed by atoms with Crippen LogP contribution < -0.4 is 14.5 Å². The Morgan fingerprint density at radius 1 is 1.03 bits per heavy atom. The number of benzene rings is 3. The van der Waals surface area contributed by atoms with Crippen molar-refractivity contribution in [1.29, 1.82) is 0 Å². The Bertz CT molecular complexity index is 1220. The number of carbonyl (C=O) groups is 1. The number of sulfonamides is 1. The minimum Gasteiger partial charge on any atom is -0.495 e. The van der Waals surface area contributed by atoms with Crippen molar-refractivity contribution in [1.82, 2.24) is 5.43 Å². The number of nitrogens with zero attached hydrogens (tertiary/aromatic N) is 2. The summed E-state index contributed by atoms with van der Waals surface area (Å²) in [6, 6.07) is 21.7. The van der Waals surface area contributed by atoms with Gasteiger partial charge in [-0.05, 0) is 42.8 Å². The Morgan fingerprint density at radius 3 is 2.25 bits per heavy atom. The summed E-state index contributed by atoms with van der Waals surface area (Å²) in [5.41, 5.74) is 4.07. The predicted octanol–water partition coefficient (Wildman–Crippen LogP) is 4.08. The van der Waals surface area contributed by atoms with Gasteiger partial charge in [0.05, 0.1) is 28.4 Å². The van der Waals surface area contributed by atoms with Crippen molar-refractivity contribution in [2.24, 2.45) is 5.10 Å². The summed E-state index contributed by atoms with van der Waals surface area (Å²) in [4.78, 5) is 12.7. The average molecular weight is 472 g/mol. The van der Waals surface area contributed by atoms with Gasteiger partial charge in [0, 0.05) is 0 Å². The van der Waals surface area contributed by atoms with Crippen molar-refractivity contribution >= 4 is 38.9 Å². The lowest BCUT2D eigenvalue weighted by molar-refractivity contribution is -0.119. The molecule has 9 heteroatoms. The van der Waals surface area contributed by atoms with Gasteiger partial charge >= 0.3 is 0 Å². The van der Waals surface area contributed by atoms with Crippen LogP contribution in [0.2, 0.25) is 5.02 Å². The molecule has 0 saturated heterocycles. The Balaban J connectivity index is 1.91. The minimum absolute atomic E-state index is 0.0451. The maximum Gasteiger partial charge on any atom is 0.264 e. The average Bonchev–Trinajstić information content (AvgIpc) is 2.82. The highest BCUT2D eigenvalue weighted by Gasteiger charge is 2.27. The van der Waals surface area contributed by atoms with Crippen LogP contribution >= 0.6 is 11.6 Å². The van der Waals surface area contributed by atoms with Crippen LogP contribution in [0.25, 0.3) is 0 Å². The van der Waals surface area contributed by atoms with Gasteiger partial charge in [0.1, 0.15) is 12.3 Å². The van der Waals surface area contributed by atoms with E-state index in [1.165, 1.54) is 31.4 Å². The van der Waals surface area contributed by atoms with Crippen LogP contribution in [0.4, 0.5) is 5.69 Å². The van der Waals surface area contributed by atoms with E-state index in [-0.39, 0.29) is 15.6 Å². The van der Waals surface area contributed by atoms with Crippen LogP contribution in [0, 0.1) is 0 Å². The summed E-state index contributed by atoms with van der Waals surface area (Å²) in [6.07, 6.45) is 0. The first-order valence-corrected chi connectivity index (χ1v) is 11.4. The molecule has 0 bridgehead atoms. The van der Waals surface area contributed by atoms with Gasteiger partial charge < -0.3 is 4.74 Å². The smallest absolute Gasteiger partial charge is 0.264 e. The first-order chi connectivity index (χ1) is 15.3. The third kappa shape index (κ3) is 5.46. The molecule has 0 aliphatic carbocycles. The Hall–Kier alpha value is -3.36. The first-order valence-electron chi connectivity index (χ1n) is 9.63. The normalized spacial score (nSPS) is 11.7. The molecule has 0 saturated carbocycles. The molecule has 0 aliphatic heterocycles. The van der Waals surface area contributed by atoms with Gasteiger partial charge in [-0.2, -0.15) is 5.10 Å². The molecule has 0 atom stereocenters. The van der Waals surface area contributed by atoms with E-state index >= 15 is 0 Å². The fourth-order valence-corrected chi connectivity index (χ4v) is 4.59. The third-order valence-corrected chi connectivity index (χ3v) is 6.67. The SMILES string of the molecule is COc1ccc(N(CC(=O)N/N=C(/C)c2ccccc2)S(=O)(=O)c2ccccc2)cc1Cl. The number of rotatable bonds is 8. The van der Waals surface area contributed by atoms with Crippen molar-refractivity contribution in [2.75, 3.05) is 18.0 Å². The molecule has 166 valence electrons. The second-order valence-electron chi connectivity index (χ2n) is 6.74. The fourth-order valence-electron chi connectivity index (χ4n) is 2.90. The summed E-state index contributed by atoms with van der Waals surface area (Å²) in [5, 5.41) is 4.31. The zero-order valence-electron chi connectivity index (χ0n) is 17.5. The van der Waals surface area contributed by atoms with E-state index in [0.717, 1.165) is 9.87 Å². The summed E-state index contributed by atoms with van der Waals surface area (Å²) < 4.78 is 32.8. The number of nitrogens with one attached hydrogen (secondary N) is 1. The Kier molecular flexibility index (Phi) is 7.50. The molecule has 0 aromatic heterocycles. The van der Waals surface area contributed by atoms with Crippen LogP contribution in [0.3, 0.4) is 0 Å². The molecule has 1 amide bonds. The summed E-state index contributed by atoms with van der Waals surface area (Å²) in [5.74, 6) is -0.216. The van der Waals surface area contributed by atoms with Crippen molar-refractivity contribution < 1.29 is 17.9 Å². The quantitative estimate of drug-likeness (QED) is 0.396. The summed E-state index contributed by atoms with van der Waals surface area (Å²) in [6.45, 7) is 1.25. The van der Waals surface area contributed by atoms with Crippen LogP contribution in [0.5, 0.6) is 5.75 Å². The molecular weight excluding hydrogens is 450 g/mol. The number of anilines is 1. The summed E-state index contributed by atoms with van der Waals surface area (Å²) in [7, 11) is -2.59. The van der Waals surface area contributed by atoms with E-state index in [1.54, 1.807) is 31.2 Å². The van der Waals surface area contributed by atoms with Gasteiger partial charge in [0.2, 0.25) is 0 Å². The van der Waals surface area contributed by atoms with Crippen molar-refractivity contribution in [3.63, 3.8) is 0 Å². The van der Waals surface area contributed by atoms with Gasteiger partial charge in [0.15, 0.2) is 0 Å². The second kappa shape index (κ2) is 10.3. The second-order valence-corrected chi connectivity index (χ2v) is 9.01. The molecule has 32 heavy (non-hydrogen) atoms. The van der Waals surface area contributed by atoms with E-state index in [2.05, 4.69) is 10.5 Å². The molecule has 0 spiro atoms. The molecule has 0 aliphatic rings. The molecule has 3 aromatic carbocycles. The van der Waals surface area contributed by atoms with E-state index in [1.807, 2.05) is 30.3 Å². The monoisotopic (exact) mass is 471 g/mol. The van der Waals surface area contributed by atoms with Crippen LogP contribution in [0.1, 0.15) is 12.5 Å². The molecule has 3 aromatic rings. The topological polar surface area (TPSA) is 88.1 Å². The number of hydrogen-bond donors (Lipinski definition) is 1. The predicted molar refractivity (Wildman–Crippen MR) is 126 cm³/mol. The van der Waals surface area contributed by atoms with Crippen molar-refractivity contribution in [3.8, 4) is 5.75 Å². The zero-order chi connectivity index (χ0) is 23.1. The molecule has 0 heterocycles. The number of ether oxygens (including phenoxy) is 1. The third-order valence-electron chi connectivity index (χ3n) is 4.58. The Labute approximate surface area is 192 Å². The van der Waals surface area contributed by atoms with Gasteiger partial charge in [-0.1, -0.05) is 60.1 Å². The maximum absolute atomic E-state index is 13.3. The standard InChI is InChI=1S/C23H22ClN3O4S/c1-17(18-9-5-3-6-10-18)25-26-23(28)16-27(19-13-14-22(31-2)21(24)15-19)32(29,30)20-11-7-4-8-12-20/h3-15H,16H2,1-2H3,(H,26,28)/b25-17-. The van der Waals surface area contributed by atoms with E-state index in [4.69, 9.17) is 16.3 Å². The van der Waals surface area contributed by atoms with E-state index < -0.39 is 22.5 Å². The fraction of sp³-hybridized carbons (Fsp3) is 0.130. The lowest BCUT2D eigenvalue weighted by Gasteiger charge is -2.24. The highest BCUT2D eigenvalue weighted by atomic mass is 35.5. The molecular formula is C23H22ClN3O4S. The van der Waals surface area contributed by atoms with Crippen LogP contribution in [-0.2, 0) is 14.8 Å². The van der Waals surface area contributed by atoms with Gasteiger partial charge in [0.25, 0.3) is 15.9 Å². The highest BCUT2D eigenvalue weighted by molar-refractivity contribution is 7.92. The number of amides is 1. The van der Waals surface area contributed by atoms with Crippen molar-refractivity contribution in [3.05, 3.63) is 89.4 Å². The molecule has 7 nitrogen and oxygen atoms in total. The minimum atomic E-state index is -4.05. The largest absolute Gasteiger partial charge is 0.495 e. The highest BCUT2D eigenvalue weighted by Crippen LogP contribution is 2.31. The molecule has 0 radical (unpaired) electrons. The number of hydrogen-bond acceptors (Lipinski definition) is 5. The molecule has 0 unspecified atom stereocenters.